The molecule has 2 aromatic heterocycles. The fourth-order valence-corrected chi connectivity index (χ4v) is 7.74. The number of carbonyl (C=O) groups is 2. The van der Waals surface area contributed by atoms with Crippen LogP contribution in [-0.4, -0.2) is 147 Å². The average Bonchev–Trinajstić information content (AvgIpc) is 3.33. The molecule has 6 N–H and O–H groups in total. The van der Waals surface area contributed by atoms with Crippen molar-refractivity contribution in [3.8, 4) is 0 Å². The first-order chi connectivity index (χ1) is 31.9. The van der Waals surface area contributed by atoms with Crippen LogP contribution >= 0.6 is 0 Å². The highest BCUT2D eigenvalue weighted by atomic mass is 16.7. The number of aromatic nitrogens is 4. The van der Waals surface area contributed by atoms with E-state index >= 15 is 0 Å². The highest BCUT2D eigenvalue weighted by molar-refractivity contribution is 5.83. The minimum Gasteiger partial charge on any atom is -0.387 e. The first kappa shape index (κ1) is 48.3. The summed E-state index contributed by atoms with van der Waals surface area (Å²) in [7, 11) is 0. The number of aliphatic hydroxyl groups excluding tert-OH is 6. The highest BCUT2D eigenvalue weighted by Gasteiger charge is 2.50. The molecule has 2 fully saturated rings. The SMILES string of the molecule is C=CCCCO[C@H]1O[C@H](C(=O)N(Cc2ccc(CN(Cc3cnc4ccccc4n3)C(=O)[C@H]3O[C@H](OCCCC=C)[C@H](O)[C@@H](O)[C@@H]3O)cc2)Cc2cnc3ccccc3n2)[C@@H](O)[C@H](O)[C@H]1O. The molecule has 0 aliphatic carbocycles. The molecule has 0 saturated carbocycles. The molecule has 2 aliphatic heterocycles. The number of unbranched alkanes of at least 4 members (excludes halogenated alkanes) is 2. The third-order valence-corrected chi connectivity index (χ3v) is 11.4. The van der Waals surface area contributed by atoms with Gasteiger partial charge in [-0.05, 0) is 61.1 Å². The van der Waals surface area contributed by atoms with Gasteiger partial charge in [-0.25, -0.2) is 9.97 Å². The number of para-hydroxylation sites is 4. The Morgan fingerprint density at radius 2 is 0.924 bits per heavy atom. The summed E-state index contributed by atoms with van der Waals surface area (Å²) < 4.78 is 23.1. The molecule has 2 amide bonds. The van der Waals surface area contributed by atoms with E-state index in [1.54, 1.807) is 60.9 Å². The molecule has 7 rings (SSSR count). The van der Waals surface area contributed by atoms with Crippen LogP contribution in [0.2, 0.25) is 0 Å². The summed E-state index contributed by atoms with van der Waals surface area (Å²) in [6.07, 6.45) is -7.50. The van der Waals surface area contributed by atoms with Crippen molar-refractivity contribution in [3.63, 3.8) is 0 Å². The molecule has 0 unspecified atom stereocenters. The number of carbonyl (C=O) groups excluding carboxylic acids is 2. The van der Waals surface area contributed by atoms with Gasteiger partial charge in [0, 0.05) is 13.1 Å². The van der Waals surface area contributed by atoms with E-state index in [2.05, 4.69) is 23.1 Å². The van der Waals surface area contributed by atoms with Crippen LogP contribution in [0.25, 0.3) is 22.1 Å². The van der Waals surface area contributed by atoms with Gasteiger partial charge in [0.1, 0.15) is 36.6 Å². The molecular formula is C48H56N6O12. The zero-order valence-corrected chi connectivity index (χ0v) is 36.3. The molecule has 18 nitrogen and oxygen atoms in total. The Bertz CT molecular complexity index is 2260. The summed E-state index contributed by atoms with van der Waals surface area (Å²) in [6.45, 7) is 7.44. The first-order valence-electron chi connectivity index (χ1n) is 21.9. The molecule has 2 aliphatic rings. The molecule has 0 bridgehead atoms. The van der Waals surface area contributed by atoms with Crippen molar-refractivity contribution in [3.05, 3.63) is 133 Å². The number of allylic oxidation sites excluding steroid dienone is 2. The number of aliphatic hydroxyl groups is 6. The smallest absolute Gasteiger partial charge is 0.255 e. The largest absolute Gasteiger partial charge is 0.387 e. The number of hydrogen-bond donors (Lipinski definition) is 6. The van der Waals surface area contributed by atoms with E-state index < -0.39 is 73.2 Å². The predicted octanol–water partition coefficient (Wildman–Crippen LogP) is 2.21. The summed E-state index contributed by atoms with van der Waals surface area (Å²) in [5.41, 5.74) is 4.63. The molecule has 18 heteroatoms. The molecule has 5 aromatic rings. The second-order valence-electron chi connectivity index (χ2n) is 16.3. The summed E-state index contributed by atoms with van der Waals surface area (Å²) in [6, 6.07) is 21.5. The van der Waals surface area contributed by atoms with Crippen molar-refractivity contribution in [2.24, 2.45) is 0 Å². The van der Waals surface area contributed by atoms with Crippen LogP contribution in [0.3, 0.4) is 0 Å². The number of ether oxygens (including phenoxy) is 4. The molecule has 0 radical (unpaired) electrons. The fraction of sp³-hybridized carbons (Fsp3) is 0.417. The third-order valence-electron chi connectivity index (χ3n) is 11.4. The highest BCUT2D eigenvalue weighted by Crippen LogP contribution is 2.28. The lowest BCUT2D eigenvalue weighted by Crippen LogP contribution is -2.62. The molecule has 10 atom stereocenters. The van der Waals surface area contributed by atoms with E-state index in [0.717, 1.165) is 0 Å². The van der Waals surface area contributed by atoms with Gasteiger partial charge in [0.25, 0.3) is 11.8 Å². The minimum atomic E-state index is -1.79. The Morgan fingerprint density at radius 3 is 1.30 bits per heavy atom. The van der Waals surface area contributed by atoms with Crippen molar-refractivity contribution >= 4 is 33.9 Å². The molecular weight excluding hydrogens is 853 g/mol. The molecule has 350 valence electrons. The van der Waals surface area contributed by atoms with Gasteiger partial charge < -0.3 is 59.4 Å². The fourth-order valence-electron chi connectivity index (χ4n) is 7.74. The van der Waals surface area contributed by atoms with Crippen LogP contribution in [-0.2, 0) is 54.7 Å². The van der Waals surface area contributed by atoms with E-state index in [9.17, 15) is 40.2 Å². The van der Waals surface area contributed by atoms with Crippen LogP contribution in [0, 0.1) is 0 Å². The normalized spacial score (nSPS) is 25.4. The van der Waals surface area contributed by atoms with Gasteiger partial charge in [-0.15, -0.1) is 13.2 Å². The van der Waals surface area contributed by atoms with Crippen molar-refractivity contribution in [1.82, 2.24) is 29.7 Å². The Balaban J connectivity index is 1.14. The van der Waals surface area contributed by atoms with Gasteiger partial charge >= 0.3 is 0 Å². The van der Waals surface area contributed by atoms with Crippen LogP contribution in [0.4, 0.5) is 0 Å². The van der Waals surface area contributed by atoms with Gasteiger partial charge in [-0.1, -0.05) is 60.7 Å². The Morgan fingerprint density at radius 1 is 0.545 bits per heavy atom. The lowest BCUT2D eigenvalue weighted by molar-refractivity contribution is -0.292. The summed E-state index contributed by atoms with van der Waals surface area (Å²) >= 11 is 0. The van der Waals surface area contributed by atoms with Gasteiger partial charge in [-0.3, -0.25) is 19.6 Å². The van der Waals surface area contributed by atoms with Crippen LogP contribution in [0.15, 0.2) is 111 Å². The van der Waals surface area contributed by atoms with E-state index in [1.165, 1.54) is 9.80 Å². The number of rotatable bonds is 20. The maximum atomic E-state index is 14.4. The van der Waals surface area contributed by atoms with Crippen molar-refractivity contribution in [2.45, 2.75) is 113 Å². The third kappa shape index (κ3) is 11.7. The van der Waals surface area contributed by atoms with E-state index in [-0.39, 0.29) is 39.4 Å². The zero-order valence-electron chi connectivity index (χ0n) is 36.3. The van der Waals surface area contributed by atoms with Gasteiger partial charge in [0.05, 0.1) is 72.2 Å². The van der Waals surface area contributed by atoms with Gasteiger partial charge in [0.2, 0.25) is 0 Å². The maximum Gasteiger partial charge on any atom is 0.255 e. The molecule has 3 aromatic carbocycles. The zero-order chi connectivity index (χ0) is 46.7. The number of benzene rings is 3. The van der Waals surface area contributed by atoms with E-state index in [0.29, 0.717) is 70.3 Å². The monoisotopic (exact) mass is 908 g/mol. The van der Waals surface area contributed by atoms with Crippen molar-refractivity contribution < 1.29 is 59.2 Å². The summed E-state index contributed by atoms with van der Waals surface area (Å²) in [5, 5.41) is 65.2. The van der Waals surface area contributed by atoms with Crippen LogP contribution < -0.4 is 0 Å². The standard InChI is InChI=1S/C48H56N6O12/c1-3-5-11-21-63-47-41(59)37(55)39(57)43(65-47)45(61)53(27-31-23-49-33-13-7-9-15-35(33)51-31)25-29-17-19-30(20-18-29)26-54(28-32-24-50-34-14-8-10-16-36(34)52-32)46(62)44-40(58)38(56)42(60)48(66-44)64-22-12-6-4-2/h3-4,7-10,13-20,23-24,37-44,47-48,55-60H,1-2,5-6,11-12,21-22,25-28H2/t37-,38-,39-,40-,41+,42+,43-,44-,47-,48-/m0/s1. The van der Waals surface area contributed by atoms with E-state index in [4.69, 9.17) is 28.9 Å². The predicted molar refractivity (Wildman–Crippen MR) is 238 cm³/mol. The summed E-state index contributed by atoms with van der Waals surface area (Å²) in [5.74, 6) is -1.41. The molecule has 66 heavy (non-hydrogen) atoms. The lowest BCUT2D eigenvalue weighted by Gasteiger charge is -2.41. The quantitative estimate of drug-likeness (QED) is 0.0484. The number of amides is 2. The first-order valence-corrected chi connectivity index (χ1v) is 21.9. The molecule has 0 spiro atoms. The number of fused-ring (bicyclic) bond motifs is 2. The van der Waals surface area contributed by atoms with Crippen LogP contribution in [0.5, 0.6) is 0 Å². The van der Waals surface area contributed by atoms with Gasteiger partial charge in [0.15, 0.2) is 24.8 Å². The Labute approximate surface area is 381 Å². The Kier molecular flexibility index (Phi) is 16.6. The average molecular weight is 909 g/mol. The van der Waals surface area contributed by atoms with Gasteiger partial charge in [-0.2, -0.15) is 0 Å². The van der Waals surface area contributed by atoms with Crippen molar-refractivity contribution in [2.75, 3.05) is 13.2 Å². The molecule has 4 heterocycles. The van der Waals surface area contributed by atoms with Crippen molar-refractivity contribution in [1.29, 1.82) is 0 Å². The maximum absolute atomic E-state index is 14.4. The summed E-state index contributed by atoms with van der Waals surface area (Å²) in [4.78, 5) is 50.0. The number of hydrogen-bond acceptors (Lipinski definition) is 16. The van der Waals surface area contributed by atoms with E-state index in [1.807, 2.05) is 36.4 Å². The Hall–Kier alpha value is -5.64. The second-order valence-corrected chi connectivity index (χ2v) is 16.3. The molecule has 2 saturated heterocycles. The topological polar surface area (TPSA) is 250 Å². The minimum absolute atomic E-state index is 0.0322. The second kappa shape index (κ2) is 22.7. The number of nitrogens with zero attached hydrogens (tertiary/aromatic N) is 6. The van der Waals surface area contributed by atoms with Crippen LogP contribution in [0.1, 0.15) is 48.2 Å². The lowest BCUT2D eigenvalue weighted by atomic mass is 9.97.